The Labute approximate surface area is 156 Å². The molecule has 2 aromatic carbocycles. The molecule has 4 rings (SSSR count). The number of amides is 2. The molecular formula is C19H13F4NO4. The standard InChI is InChI=1S/C19H13F4NO4/c20-14-8-10(19(21,22)23)2-6-15(14)27-11-3-5-12-9(7-11)1-4-13(12)16-17(25)24-18(26)28-16/h2-3,5-8,13,16H,1,4H2,(H,24,25,26)/t13-,16?/m1/s1. The van der Waals surface area contributed by atoms with Gasteiger partial charge >= 0.3 is 12.3 Å². The number of ether oxygens (including phenoxy) is 2. The summed E-state index contributed by atoms with van der Waals surface area (Å²) in [7, 11) is 0. The fourth-order valence-electron chi connectivity index (χ4n) is 3.53. The van der Waals surface area contributed by atoms with Crippen LogP contribution in [0.15, 0.2) is 36.4 Å². The Morgan fingerprint density at radius 3 is 2.54 bits per heavy atom. The number of imide groups is 1. The van der Waals surface area contributed by atoms with Gasteiger partial charge in [0.25, 0.3) is 5.91 Å². The van der Waals surface area contributed by atoms with Crippen LogP contribution in [-0.4, -0.2) is 18.1 Å². The van der Waals surface area contributed by atoms with E-state index in [0.717, 1.165) is 23.3 Å². The van der Waals surface area contributed by atoms with E-state index < -0.39 is 35.7 Å². The molecular weight excluding hydrogens is 382 g/mol. The number of alkyl halides is 3. The van der Waals surface area contributed by atoms with Crippen molar-refractivity contribution < 1.29 is 36.6 Å². The first-order valence-electron chi connectivity index (χ1n) is 8.41. The molecule has 1 unspecified atom stereocenters. The highest BCUT2D eigenvalue weighted by atomic mass is 19.4. The van der Waals surface area contributed by atoms with E-state index in [1.54, 1.807) is 12.1 Å². The molecule has 2 atom stereocenters. The van der Waals surface area contributed by atoms with Crippen LogP contribution < -0.4 is 10.1 Å². The Morgan fingerprint density at radius 1 is 1.11 bits per heavy atom. The zero-order valence-electron chi connectivity index (χ0n) is 14.2. The van der Waals surface area contributed by atoms with Crippen molar-refractivity contribution in [1.29, 1.82) is 0 Å². The van der Waals surface area contributed by atoms with E-state index in [1.165, 1.54) is 6.07 Å². The van der Waals surface area contributed by atoms with Crippen LogP contribution in [0, 0.1) is 5.82 Å². The molecule has 2 aromatic rings. The van der Waals surface area contributed by atoms with Crippen molar-refractivity contribution in [1.82, 2.24) is 5.32 Å². The van der Waals surface area contributed by atoms with Crippen molar-refractivity contribution in [3.63, 3.8) is 0 Å². The predicted octanol–water partition coefficient (Wildman–Crippen LogP) is 4.30. The summed E-state index contributed by atoms with van der Waals surface area (Å²) in [6, 6.07) is 6.91. The van der Waals surface area contributed by atoms with Crippen LogP contribution in [0.5, 0.6) is 11.5 Å². The number of cyclic esters (lactones) is 1. The van der Waals surface area contributed by atoms with Gasteiger partial charge in [-0.1, -0.05) is 6.07 Å². The van der Waals surface area contributed by atoms with Gasteiger partial charge in [0.05, 0.1) is 5.56 Å². The lowest BCUT2D eigenvalue weighted by Crippen LogP contribution is -2.28. The molecule has 0 spiro atoms. The number of alkyl carbamates (subject to hydrolysis) is 1. The molecule has 1 aliphatic carbocycles. The second-order valence-corrected chi connectivity index (χ2v) is 6.57. The number of nitrogens with one attached hydrogen (secondary N) is 1. The number of carbonyl (C=O) groups excluding carboxylic acids is 2. The Bertz CT molecular complexity index is 973. The molecule has 2 aliphatic rings. The number of hydrogen-bond acceptors (Lipinski definition) is 4. The van der Waals surface area contributed by atoms with Crippen LogP contribution in [0.25, 0.3) is 0 Å². The fourth-order valence-corrected chi connectivity index (χ4v) is 3.53. The first-order valence-corrected chi connectivity index (χ1v) is 8.41. The van der Waals surface area contributed by atoms with Crippen molar-refractivity contribution in [2.24, 2.45) is 0 Å². The van der Waals surface area contributed by atoms with Crippen molar-refractivity contribution in [3.8, 4) is 11.5 Å². The van der Waals surface area contributed by atoms with Gasteiger partial charge in [0.2, 0.25) is 0 Å². The van der Waals surface area contributed by atoms with Gasteiger partial charge in [-0.15, -0.1) is 0 Å². The summed E-state index contributed by atoms with van der Waals surface area (Å²) in [5.41, 5.74) is 0.555. The molecule has 1 aliphatic heterocycles. The van der Waals surface area contributed by atoms with Gasteiger partial charge in [-0.05, 0) is 54.3 Å². The van der Waals surface area contributed by atoms with Crippen LogP contribution in [0.4, 0.5) is 22.4 Å². The summed E-state index contributed by atoms with van der Waals surface area (Å²) in [5.74, 6) is -1.98. The highest BCUT2D eigenvalue weighted by molar-refractivity contribution is 6.00. The molecule has 0 aromatic heterocycles. The molecule has 146 valence electrons. The third-order valence-electron chi connectivity index (χ3n) is 4.81. The third kappa shape index (κ3) is 3.28. The van der Waals surface area contributed by atoms with E-state index in [2.05, 4.69) is 5.32 Å². The minimum absolute atomic E-state index is 0.255. The summed E-state index contributed by atoms with van der Waals surface area (Å²) < 4.78 is 62.3. The smallest absolute Gasteiger partial charge is 0.416 e. The number of halogens is 4. The van der Waals surface area contributed by atoms with Crippen LogP contribution in [0.1, 0.15) is 29.0 Å². The molecule has 0 saturated carbocycles. The highest BCUT2D eigenvalue weighted by Crippen LogP contribution is 2.40. The maximum Gasteiger partial charge on any atom is 0.416 e. The monoisotopic (exact) mass is 395 g/mol. The predicted molar refractivity (Wildman–Crippen MR) is 87.4 cm³/mol. The molecule has 0 radical (unpaired) electrons. The summed E-state index contributed by atoms with van der Waals surface area (Å²) >= 11 is 0. The lowest BCUT2D eigenvalue weighted by atomic mass is 9.95. The zero-order chi connectivity index (χ0) is 20.1. The molecule has 1 N–H and O–H groups in total. The van der Waals surface area contributed by atoms with Crippen LogP contribution in [0.2, 0.25) is 0 Å². The van der Waals surface area contributed by atoms with Gasteiger partial charge in [0.15, 0.2) is 17.7 Å². The minimum Gasteiger partial charge on any atom is -0.454 e. The third-order valence-corrected chi connectivity index (χ3v) is 4.81. The Hall–Kier alpha value is -3.10. The lowest BCUT2D eigenvalue weighted by molar-refractivity contribution is -0.137. The SMILES string of the molecule is O=C1NC(=O)C([C@@H]2CCc3cc(Oc4ccc(C(F)(F)F)cc4F)ccc32)O1. The van der Waals surface area contributed by atoms with Gasteiger partial charge in [0.1, 0.15) is 5.75 Å². The highest BCUT2D eigenvalue weighted by Gasteiger charge is 2.42. The van der Waals surface area contributed by atoms with Gasteiger partial charge in [-0.3, -0.25) is 10.1 Å². The first kappa shape index (κ1) is 18.3. The summed E-state index contributed by atoms with van der Waals surface area (Å²) in [6.07, 6.45) is -5.14. The van der Waals surface area contributed by atoms with E-state index in [0.29, 0.717) is 18.9 Å². The Kier molecular flexibility index (Phi) is 4.24. The van der Waals surface area contributed by atoms with Crippen molar-refractivity contribution >= 4 is 12.0 Å². The van der Waals surface area contributed by atoms with E-state index >= 15 is 0 Å². The number of fused-ring (bicyclic) bond motifs is 1. The van der Waals surface area contributed by atoms with Gasteiger partial charge in [-0.2, -0.15) is 13.2 Å². The number of rotatable bonds is 3. The van der Waals surface area contributed by atoms with E-state index in [1.807, 2.05) is 0 Å². The average molecular weight is 395 g/mol. The number of carbonyl (C=O) groups is 2. The van der Waals surface area contributed by atoms with Crippen molar-refractivity contribution in [2.75, 3.05) is 0 Å². The van der Waals surface area contributed by atoms with Gasteiger partial charge in [-0.25, -0.2) is 9.18 Å². The molecule has 9 heteroatoms. The summed E-state index contributed by atoms with van der Waals surface area (Å²) in [4.78, 5) is 23.0. The molecule has 1 fully saturated rings. The average Bonchev–Trinajstić information content (AvgIpc) is 3.17. The van der Waals surface area contributed by atoms with Crippen molar-refractivity contribution in [3.05, 3.63) is 58.9 Å². The Morgan fingerprint density at radius 2 is 1.89 bits per heavy atom. The summed E-state index contributed by atoms with van der Waals surface area (Å²) in [6.45, 7) is 0. The van der Waals surface area contributed by atoms with Crippen LogP contribution in [0.3, 0.4) is 0 Å². The normalized spacial score (nSPS) is 21.3. The van der Waals surface area contributed by atoms with Gasteiger partial charge in [0, 0.05) is 5.92 Å². The zero-order valence-corrected chi connectivity index (χ0v) is 14.2. The minimum atomic E-state index is -4.64. The second kappa shape index (κ2) is 6.50. The number of hydrogen-bond donors (Lipinski definition) is 1. The molecule has 1 saturated heterocycles. The van der Waals surface area contributed by atoms with Crippen LogP contribution >= 0.6 is 0 Å². The summed E-state index contributed by atoms with van der Waals surface area (Å²) in [5, 5.41) is 2.09. The number of benzene rings is 2. The molecule has 1 heterocycles. The number of aryl methyl sites for hydroxylation is 1. The van der Waals surface area contributed by atoms with Gasteiger partial charge < -0.3 is 9.47 Å². The largest absolute Gasteiger partial charge is 0.454 e. The second-order valence-electron chi connectivity index (χ2n) is 6.57. The molecule has 28 heavy (non-hydrogen) atoms. The lowest BCUT2D eigenvalue weighted by Gasteiger charge is -2.16. The molecule has 2 amide bonds. The van der Waals surface area contributed by atoms with E-state index in [-0.39, 0.29) is 17.4 Å². The fraction of sp³-hybridized carbons (Fsp3) is 0.263. The Balaban J connectivity index is 1.54. The van der Waals surface area contributed by atoms with E-state index in [4.69, 9.17) is 9.47 Å². The quantitative estimate of drug-likeness (QED) is 0.787. The van der Waals surface area contributed by atoms with Crippen LogP contribution in [-0.2, 0) is 22.1 Å². The first-order chi connectivity index (χ1) is 13.2. The molecule has 0 bridgehead atoms. The maximum absolute atomic E-state index is 14.0. The van der Waals surface area contributed by atoms with Crippen molar-refractivity contribution in [2.45, 2.75) is 31.0 Å². The molecule has 5 nitrogen and oxygen atoms in total. The van der Waals surface area contributed by atoms with E-state index in [9.17, 15) is 27.2 Å². The maximum atomic E-state index is 14.0. The topological polar surface area (TPSA) is 64.6 Å².